The molecule has 0 unspecified atom stereocenters. The molecule has 0 radical (unpaired) electrons. The Morgan fingerprint density at radius 1 is 1.40 bits per heavy atom. The first-order valence-electron chi connectivity index (χ1n) is 4.22. The molecule has 6 heteroatoms. The molecule has 0 saturated carbocycles. The molecule has 0 bridgehead atoms. The monoisotopic (exact) mass is 206 g/mol. The maximum absolute atomic E-state index is 10.2. The number of aromatic nitrogens is 3. The normalized spacial score (nSPS) is 8.87. The number of para-hydroxylation sites is 1. The molecule has 15 heavy (non-hydrogen) atoms. The van der Waals surface area contributed by atoms with Crippen molar-refractivity contribution in [2.24, 2.45) is 0 Å². The van der Waals surface area contributed by atoms with Gasteiger partial charge in [0.25, 0.3) is 5.69 Å². The summed E-state index contributed by atoms with van der Waals surface area (Å²) < 4.78 is 0. The van der Waals surface area contributed by atoms with Crippen molar-refractivity contribution < 1.29 is 4.92 Å². The number of H-pyrrole nitrogens is 1. The molecule has 2 rings (SSSR count). The zero-order valence-corrected chi connectivity index (χ0v) is 8.12. The van der Waals surface area contributed by atoms with E-state index in [-0.39, 0.29) is 10.6 Å². The van der Waals surface area contributed by atoms with Gasteiger partial charge in [0.15, 0.2) is 0 Å². The third-order valence-corrected chi connectivity index (χ3v) is 1.64. The molecule has 0 fully saturated rings. The van der Waals surface area contributed by atoms with E-state index in [1.54, 1.807) is 37.5 Å². The predicted molar refractivity (Wildman–Crippen MR) is 54.2 cm³/mol. The molecule has 0 spiro atoms. The van der Waals surface area contributed by atoms with Gasteiger partial charge in [0.1, 0.15) is 0 Å². The molecule has 0 aliphatic rings. The molecule has 0 aliphatic carbocycles. The van der Waals surface area contributed by atoms with Crippen molar-refractivity contribution in [1.82, 2.24) is 15.4 Å². The number of aryl methyl sites for hydroxylation is 1. The van der Waals surface area contributed by atoms with Crippen LogP contribution >= 0.6 is 0 Å². The molecule has 78 valence electrons. The average molecular weight is 206 g/mol. The van der Waals surface area contributed by atoms with E-state index in [0.717, 1.165) is 0 Å². The second-order valence-electron chi connectivity index (χ2n) is 2.70. The maximum atomic E-state index is 10.2. The number of rotatable bonds is 1. The fraction of sp³-hybridized carbons (Fsp3) is 0.111. The highest BCUT2D eigenvalue weighted by atomic mass is 16.6. The fourth-order valence-corrected chi connectivity index (χ4v) is 0.935. The number of hydrogen-bond donors (Lipinski definition) is 1. The summed E-state index contributed by atoms with van der Waals surface area (Å²) in [6, 6.07) is 6.65. The molecule has 1 heterocycles. The van der Waals surface area contributed by atoms with E-state index >= 15 is 0 Å². The van der Waals surface area contributed by atoms with Crippen LogP contribution in [0.1, 0.15) is 5.56 Å². The minimum atomic E-state index is -0.380. The summed E-state index contributed by atoms with van der Waals surface area (Å²) in [5.41, 5.74) is 0.884. The molecule has 1 N–H and O–H groups in total. The quantitative estimate of drug-likeness (QED) is 0.568. The topological polar surface area (TPSA) is 84.7 Å². The van der Waals surface area contributed by atoms with Crippen molar-refractivity contribution in [3.05, 3.63) is 52.3 Å². The third kappa shape index (κ3) is 3.55. The number of nitro benzene ring substituents is 1. The van der Waals surface area contributed by atoms with E-state index in [9.17, 15) is 10.1 Å². The summed E-state index contributed by atoms with van der Waals surface area (Å²) >= 11 is 0. The van der Waals surface area contributed by atoms with Crippen LogP contribution in [0.4, 0.5) is 5.69 Å². The van der Waals surface area contributed by atoms with Crippen LogP contribution in [0.3, 0.4) is 0 Å². The zero-order chi connectivity index (χ0) is 11.1. The number of nitro groups is 1. The highest BCUT2D eigenvalue weighted by molar-refractivity contribution is 5.38. The lowest BCUT2D eigenvalue weighted by molar-refractivity contribution is -0.385. The van der Waals surface area contributed by atoms with Crippen LogP contribution in [0.15, 0.2) is 36.7 Å². The lowest BCUT2D eigenvalue weighted by Gasteiger charge is -1.92. The predicted octanol–water partition coefficient (Wildman–Crippen LogP) is 1.71. The van der Waals surface area contributed by atoms with Crippen LogP contribution < -0.4 is 0 Å². The average Bonchev–Trinajstić information content (AvgIpc) is 2.75. The van der Waals surface area contributed by atoms with Crippen LogP contribution in [0.25, 0.3) is 0 Å². The highest BCUT2D eigenvalue weighted by Crippen LogP contribution is 2.14. The Kier molecular flexibility index (Phi) is 3.96. The van der Waals surface area contributed by atoms with E-state index < -0.39 is 0 Å². The second kappa shape index (κ2) is 5.48. The summed E-state index contributed by atoms with van der Waals surface area (Å²) in [5, 5.41) is 19.5. The highest BCUT2D eigenvalue weighted by Gasteiger charge is 2.05. The van der Waals surface area contributed by atoms with Gasteiger partial charge in [0, 0.05) is 17.8 Å². The van der Waals surface area contributed by atoms with E-state index in [2.05, 4.69) is 15.4 Å². The van der Waals surface area contributed by atoms with Crippen molar-refractivity contribution in [2.75, 3.05) is 0 Å². The van der Waals surface area contributed by atoms with Gasteiger partial charge >= 0.3 is 0 Å². The molecule has 6 nitrogen and oxygen atoms in total. The van der Waals surface area contributed by atoms with Crippen molar-refractivity contribution >= 4 is 5.69 Å². The standard InChI is InChI=1S/C7H7NO2.C2H3N3/c1-6-4-2-3-5-7(6)8(9)10;1-2-4-5-3-1/h2-5H,1H3;1-2H,(H,3,4,5). The Balaban J connectivity index is 0.000000187. The molecule has 0 saturated heterocycles. The van der Waals surface area contributed by atoms with Gasteiger partial charge in [-0.1, -0.05) is 23.4 Å². The van der Waals surface area contributed by atoms with Crippen LogP contribution in [0.2, 0.25) is 0 Å². The Morgan fingerprint density at radius 3 is 2.47 bits per heavy atom. The summed E-state index contributed by atoms with van der Waals surface area (Å²) in [6.07, 6.45) is 3.24. The van der Waals surface area contributed by atoms with E-state index in [4.69, 9.17) is 0 Å². The van der Waals surface area contributed by atoms with Crippen molar-refractivity contribution in [1.29, 1.82) is 0 Å². The summed E-state index contributed by atoms with van der Waals surface area (Å²) in [5.74, 6) is 0. The molecule has 1 aromatic heterocycles. The molecular formula is C9H10N4O2. The smallest absolute Gasteiger partial charge is 0.266 e. The minimum Gasteiger partial charge on any atom is -0.266 e. The fourth-order valence-electron chi connectivity index (χ4n) is 0.935. The van der Waals surface area contributed by atoms with E-state index in [1.807, 2.05) is 0 Å². The maximum Gasteiger partial charge on any atom is 0.272 e. The number of aromatic amines is 1. The van der Waals surface area contributed by atoms with Crippen molar-refractivity contribution in [3.63, 3.8) is 0 Å². The summed E-state index contributed by atoms with van der Waals surface area (Å²) in [6.45, 7) is 1.72. The van der Waals surface area contributed by atoms with Gasteiger partial charge in [-0.2, -0.15) is 0 Å². The van der Waals surface area contributed by atoms with Gasteiger partial charge in [-0.25, -0.2) is 0 Å². The number of hydrogen-bond acceptors (Lipinski definition) is 4. The van der Waals surface area contributed by atoms with Crippen LogP contribution in [-0.2, 0) is 0 Å². The third-order valence-electron chi connectivity index (χ3n) is 1.64. The molecule has 2 aromatic rings. The number of nitrogens with zero attached hydrogens (tertiary/aromatic N) is 3. The number of benzene rings is 1. The van der Waals surface area contributed by atoms with Crippen molar-refractivity contribution in [2.45, 2.75) is 6.92 Å². The van der Waals surface area contributed by atoms with Gasteiger partial charge in [-0.05, 0) is 6.92 Å². The molecule has 0 atom stereocenters. The lowest BCUT2D eigenvalue weighted by atomic mass is 10.2. The van der Waals surface area contributed by atoms with Gasteiger partial charge in [-0.3, -0.25) is 15.2 Å². The Hall–Kier alpha value is -2.24. The lowest BCUT2D eigenvalue weighted by Crippen LogP contribution is -1.89. The van der Waals surface area contributed by atoms with Gasteiger partial charge in [-0.15, -0.1) is 5.10 Å². The molecule has 0 aliphatic heterocycles. The largest absolute Gasteiger partial charge is 0.272 e. The second-order valence-corrected chi connectivity index (χ2v) is 2.70. The Bertz CT molecular complexity index is 397. The van der Waals surface area contributed by atoms with Gasteiger partial charge in [0.2, 0.25) is 0 Å². The van der Waals surface area contributed by atoms with Gasteiger partial charge in [0.05, 0.1) is 11.1 Å². The minimum absolute atomic E-state index is 0.183. The van der Waals surface area contributed by atoms with Crippen LogP contribution in [-0.4, -0.2) is 20.3 Å². The molecular weight excluding hydrogens is 196 g/mol. The summed E-state index contributed by atoms with van der Waals surface area (Å²) in [4.78, 5) is 9.85. The SMILES string of the molecule is Cc1ccccc1[N+](=O)[O-].c1c[nH]nn1. The molecule has 0 amide bonds. The zero-order valence-electron chi connectivity index (χ0n) is 8.12. The van der Waals surface area contributed by atoms with Crippen LogP contribution in [0.5, 0.6) is 0 Å². The Morgan fingerprint density at radius 2 is 2.13 bits per heavy atom. The first-order valence-corrected chi connectivity index (χ1v) is 4.22. The first-order chi connectivity index (χ1) is 7.22. The first kappa shape index (κ1) is 10.8. The van der Waals surface area contributed by atoms with Crippen LogP contribution in [0, 0.1) is 17.0 Å². The summed E-state index contributed by atoms with van der Waals surface area (Å²) in [7, 11) is 0. The molecule has 1 aromatic carbocycles. The number of nitrogens with one attached hydrogen (secondary N) is 1. The van der Waals surface area contributed by atoms with Crippen molar-refractivity contribution in [3.8, 4) is 0 Å². The van der Waals surface area contributed by atoms with Gasteiger partial charge < -0.3 is 0 Å². The van der Waals surface area contributed by atoms with E-state index in [0.29, 0.717) is 5.56 Å². The van der Waals surface area contributed by atoms with E-state index in [1.165, 1.54) is 6.07 Å². The Labute approximate surface area is 86.1 Å².